The Labute approximate surface area is 116 Å². The van der Waals surface area contributed by atoms with Gasteiger partial charge in [0.25, 0.3) is 0 Å². The van der Waals surface area contributed by atoms with Crippen LogP contribution in [0.15, 0.2) is 53.1 Å². The molecular formula is C15H15BrN2. The summed E-state index contributed by atoms with van der Waals surface area (Å²) < 4.78 is 1.03. The minimum atomic E-state index is 0.609. The van der Waals surface area contributed by atoms with Gasteiger partial charge in [0.1, 0.15) is 0 Å². The molecule has 1 heterocycles. The summed E-state index contributed by atoms with van der Waals surface area (Å²) in [5.74, 6) is 0.682. The van der Waals surface area contributed by atoms with Gasteiger partial charge < -0.3 is 5.32 Å². The zero-order valence-electron chi connectivity index (χ0n) is 10.0. The number of halogens is 1. The summed E-state index contributed by atoms with van der Waals surface area (Å²) in [4.78, 5) is 4.37. The van der Waals surface area contributed by atoms with E-state index in [1.807, 2.05) is 12.3 Å². The molecule has 92 valence electrons. The fraction of sp³-hybridized carbons (Fsp3) is 0.267. The van der Waals surface area contributed by atoms with Crippen molar-refractivity contribution in [2.75, 3.05) is 0 Å². The number of hydrogen-bond donors (Lipinski definition) is 1. The summed E-state index contributed by atoms with van der Waals surface area (Å²) in [5.41, 5.74) is 2.54. The van der Waals surface area contributed by atoms with Crippen LogP contribution in [-0.4, -0.2) is 11.0 Å². The van der Waals surface area contributed by atoms with E-state index in [1.54, 1.807) is 0 Å². The van der Waals surface area contributed by atoms with Gasteiger partial charge in [-0.05, 0) is 40.0 Å². The third-order valence-corrected chi connectivity index (χ3v) is 3.82. The summed E-state index contributed by atoms with van der Waals surface area (Å²) in [6, 6.07) is 15.4. The van der Waals surface area contributed by atoms with Crippen LogP contribution in [0.25, 0.3) is 0 Å². The summed E-state index contributed by atoms with van der Waals surface area (Å²) in [5, 5.41) is 3.56. The fourth-order valence-corrected chi connectivity index (χ4v) is 2.47. The average molecular weight is 303 g/mol. The van der Waals surface area contributed by atoms with Crippen molar-refractivity contribution in [2.24, 2.45) is 0 Å². The lowest BCUT2D eigenvalue weighted by Crippen LogP contribution is -2.17. The number of nitrogens with zero attached hydrogens (tertiary/aromatic N) is 1. The number of hydrogen-bond acceptors (Lipinski definition) is 2. The summed E-state index contributed by atoms with van der Waals surface area (Å²) in [6.45, 7) is 0.848. The monoisotopic (exact) mass is 302 g/mol. The Bertz CT molecular complexity index is 510. The molecule has 0 aliphatic heterocycles. The number of benzene rings is 1. The van der Waals surface area contributed by atoms with Gasteiger partial charge in [-0.15, -0.1) is 0 Å². The smallest absolute Gasteiger partial charge is 0.0542 e. The van der Waals surface area contributed by atoms with Crippen molar-refractivity contribution in [3.05, 3.63) is 64.4 Å². The van der Waals surface area contributed by atoms with Crippen LogP contribution in [-0.2, 0) is 6.54 Å². The highest BCUT2D eigenvalue weighted by molar-refractivity contribution is 9.10. The summed E-state index contributed by atoms with van der Waals surface area (Å²) >= 11 is 3.40. The maximum atomic E-state index is 4.37. The van der Waals surface area contributed by atoms with E-state index in [-0.39, 0.29) is 0 Å². The van der Waals surface area contributed by atoms with E-state index in [4.69, 9.17) is 0 Å². The minimum Gasteiger partial charge on any atom is -0.308 e. The maximum absolute atomic E-state index is 4.37. The quantitative estimate of drug-likeness (QED) is 0.935. The molecule has 1 N–H and O–H groups in total. The van der Waals surface area contributed by atoms with Gasteiger partial charge in [-0.3, -0.25) is 4.98 Å². The molecule has 2 nitrogen and oxygen atoms in total. The van der Waals surface area contributed by atoms with Crippen molar-refractivity contribution < 1.29 is 0 Å². The van der Waals surface area contributed by atoms with Gasteiger partial charge in [0.15, 0.2) is 0 Å². The molecule has 1 aromatic carbocycles. The van der Waals surface area contributed by atoms with Crippen molar-refractivity contribution >= 4 is 15.9 Å². The Balaban J connectivity index is 1.53. The van der Waals surface area contributed by atoms with E-state index < -0.39 is 0 Å². The van der Waals surface area contributed by atoms with Gasteiger partial charge in [-0.25, -0.2) is 0 Å². The Morgan fingerprint density at radius 1 is 1.17 bits per heavy atom. The van der Waals surface area contributed by atoms with Crippen LogP contribution in [0.5, 0.6) is 0 Å². The number of aromatic nitrogens is 1. The largest absolute Gasteiger partial charge is 0.308 e. The predicted octanol–water partition coefficient (Wildman–Crippen LogP) is 3.49. The summed E-state index contributed by atoms with van der Waals surface area (Å²) in [6.07, 6.45) is 3.08. The molecule has 18 heavy (non-hydrogen) atoms. The SMILES string of the molecule is Brc1ccc(CNC2CC2c2ccccc2)nc1. The molecule has 2 atom stereocenters. The van der Waals surface area contributed by atoms with Gasteiger partial charge in [-0.1, -0.05) is 30.3 Å². The molecule has 2 unspecified atom stereocenters. The van der Waals surface area contributed by atoms with Crippen molar-refractivity contribution in [1.82, 2.24) is 10.3 Å². The molecule has 1 aliphatic rings. The third kappa shape index (κ3) is 2.79. The average Bonchev–Trinajstić information content (AvgIpc) is 3.19. The van der Waals surface area contributed by atoms with Crippen molar-refractivity contribution in [3.8, 4) is 0 Å². The molecule has 1 aliphatic carbocycles. The molecule has 3 heteroatoms. The van der Waals surface area contributed by atoms with E-state index in [9.17, 15) is 0 Å². The van der Waals surface area contributed by atoms with Crippen LogP contribution < -0.4 is 5.32 Å². The van der Waals surface area contributed by atoms with Gasteiger partial charge >= 0.3 is 0 Å². The van der Waals surface area contributed by atoms with Gasteiger partial charge in [0.2, 0.25) is 0 Å². The van der Waals surface area contributed by atoms with E-state index in [2.05, 4.69) is 62.6 Å². The standard InChI is InChI=1S/C15H15BrN2/c16-12-6-7-13(17-9-12)10-18-15-8-14(15)11-4-2-1-3-5-11/h1-7,9,14-15,18H,8,10H2. The van der Waals surface area contributed by atoms with Crippen LogP contribution >= 0.6 is 15.9 Å². The van der Waals surface area contributed by atoms with Gasteiger partial charge in [0, 0.05) is 29.2 Å². The van der Waals surface area contributed by atoms with Crippen LogP contribution in [0.2, 0.25) is 0 Å². The first-order valence-corrected chi connectivity index (χ1v) is 7.01. The zero-order chi connectivity index (χ0) is 12.4. The fourth-order valence-electron chi connectivity index (χ4n) is 2.24. The highest BCUT2D eigenvalue weighted by Crippen LogP contribution is 2.40. The third-order valence-electron chi connectivity index (χ3n) is 3.35. The molecule has 1 saturated carbocycles. The highest BCUT2D eigenvalue weighted by Gasteiger charge is 2.37. The Morgan fingerprint density at radius 2 is 2.00 bits per heavy atom. The molecule has 0 saturated heterocycles. The summed E-state index contributed by atoms with van der Waals surface area (Å²) in [7, 11) is 0. The number of nitrogens with one attached hydrogen (secondary N) is 1. The first-order valence-electron chi connectivity index (χ1n) is 6.22. The predicted molar refractivity (Wildman–Crippen MR) is 76.4 cm³/mol. The van der Waals surface area contributed by atoms with Crippen LogP contribution in [0.1, 0.15) is 23.6 Å². The molecule has 0 spiro atoms. The zero-order valence-corrected chi connectivity index (χ0v) is 11.6. The van der Waals surface area contributed by atoms with Crippen molar-refractivity contribution in [1.29, 1.82) is 0 Å². The lowest BCUT2D eigenvalue weighted by atomic mass is 10.1. The lowest BCUT2D eigenvalue weighted by Gasteiger charge is -2.04. The van der Waals surface area contributed by atoms with E-state index in [1.165, 1.54) is 12.0 Å². The van der Waals surface area contributed by atoms with Gasteiger partial charge in [-0.2, -0.15) is 0 Å². The van der Waals surface area contributed by atoms with Crippen molar-refractivity contribution in [2.45, 2.75) is 24.9 Å². The Morgan fingerprint density at radius 3 is 2.72 bits per heavy atom. The highest BCUT2D eigenvalue weighted by atomic mass is 79.9. The van der Waals surface area contributed by atoms with Crippen LogP contribution in [0.4, 0.5) is 0 Å². The molecule has 1 fully saturated rings. The Hall–Kier alpha value is -1.19. The molecule has 1 aromatic heterocycles. The lowest BCUT2D eigenvalue weighted by molar-refractivity contribution is 0.660. The number of pyridine rings is 1. The maximum Gasteiger partial charge on any atom is 0.0542 e. The normalized spacial score (nSPS) is 21.8. The first kappa shape index (κ1) is 11.9. The molecule has 0 radical (unpaired) electrons. The van der Waals surface area contributed by atoms with Crippen molar-refractivity contribution in [3.63, 3.8) is 0 Å². The molecular weight excluding hydrogens is 288 g/mol. The second kappa shape index (κ2) is 5.21. The first-order chi connectivity index (χ1) is 8.83. The van der Waals surface area contributed by atoms with Crippen LogP contribution in [0, 0.1) is 0 Å². The van der Waals surface area contributed by atoms with Crippen LogP contribution in [0.3, 0.4) is 0 Å². The molecule has 2 aromatic rings. The second-order valence-corrected chi connectivity index (χ2v) is 5.62. The Kier molecular flexibility index (Phi) is 3.43. The minimum absolute atomic E-state index is 0.609. The van der Waals surface area contributed by atoms with E-state index in [0.29, 0.717) is 12.0 Å². The molecule has 3 rings (SSSR count). The van der Waals surface area contributed by atoms with Gasteiger partial charge in [0.05, 0.1) is 5.69 Å². The topological polar surface area (TPSA) is 24.9 Å². The second-order valence-electron chi connectivity index (χ2n) is 4.71. The van der Waals surface area contributed by atoms with E-state index in [0.717, 1.165) is 16.7 Å². The number of rotatable bonds is 4. The molecule has 0 amide bonds. The molecule has 0 bridgehead atoms. The van der Waals surface area contributed by atoms with E-state index >= 15 is 0 Å².